The number of benzene rings is 3. The zero-order chi connectivity index (χ0) is 23.0. The molecule has 0 aliphatic rings. The predicted octanol–water partition coefficient (Wildman–Crippen LogP) is 4.81. The lowest BCUT2D eigenvalue weighted by molar-refractivity contribution is -0.113. The zero-order valence-corrected chi connectivity index (χ0v) is 19.1. The number of thioether (sulfide) groups is 1. The van der Waals surface area contributed by atoms with Crippen molar-refractivity contribution in [1.82, 2.24) is 9.88 Å². The lowest BCUT2D eigenvalue weighted by Gasteiger charge is -2.07. The third kappa shape index (κ3) is 5.75. The van der Waals surface area contributed by atoms with Crippen LogP contribution in [-0.2, 0) is 11.3 Å². The SMILES string of the molecule is COc1ccc(NC(=O)CSc2cn(CCNC(=O)c3ccccc3)c3ccccc23)cc1. The minimum Gasteiger partial charge on any atom is -0.497 e. The molecule has 1 heterocycles. The predicted molar refractivity (Wildman–Crippen MR) is 133 cm³/mol. The van der Waals surface area contributed by atoms with Gasteiger partial charge in [-0.1, -0.05) is 36.4 Å². The summed E-state index contributed by atoms with van der Waals surface area (Å²) in [6.07, 6.45) is 2.05. The van der Waals surface area contributed by atoms with E-state index in [4.69, 9.17) is 4.74 Å². The first-order chi connectivity index (χ1) is 16.1. The van der Waals surface area contributed by atoms with E-state index in [1.807, 2.05) is 60.8 Å². The number of carbonyl (C=O) groups is 2. The molecule has 0 bridgehead atoms. The van der Waals surface area contributed by atoms with Crippen LogP contribution in [0.15, 0.2) is 90.0 Å². The number of rotatable bonds is 9. The van der Waals surface area contributed by atoms with Gasteiger partial charge in [-0.15, -0.1) is 11.8 Å². The average molecular weight is 460 g/mol. The highest BCUT2D eigenvalue weighted by molar-refractivity contribution is 8.00. The summed E-state index contributed by atoms with van der Waals surface area (Å²) in [5.41, 5.74) is 2.46. The number of methoxy groups -OCH3 is 1. The van der Waals surface area contributed by atoms with Gasteiger partial charge in [-0.3, -0.25) is 9.59 Å². The molecule has 7 heteroatoms. The molecule has 1 aromatic heterocycles. The van der Waals surface area contributed by atoms with E-state index in [1.54, 1.807) is 19.2 Å². The Kier molecular flexibility index (Phi) is 7.32. The van der Waals surface area contributed by atoms with Crippen molar-refractivity contribution in [3.63, 3.8) is 0 Å². The van der Waals surface area contributed by atoms with E-state index in [0.717, 1.165) is 27.2 Å². The highest BCUT2D eigenvalue weighted by Gasteiger charge is 2.12. The van der Waals surface area contributed by atoms with Crippen LogP contribution in [0.25, 0.3) is 10.9 Å². The van der Waals surface area contributed by atoms with Crippen LogP contribution in [0.1, 0.15) is 10.4 Å². The Morgan fingerprint density at radius 2 is 1.67 bits per heavy atom. The third-order valence-corrected chi connectivity index (χ3v) is 6.20. The lowest BCUT2D eigenvalue weighted by atomic mass is 10.2. The molecule has 0 spiro atoms. The number of fused-ring (bicyclic) bond motifs is 1. The smallest absolute Gasteiger partial charge is 0.251 e. The van der Waals surface area contributed by atoms with Crippen LogP contribution in [0.3, 0.4) is 0 Å². The zero-order valence-electron chi connectivity index (χ0n) is 18.3. The number of nitrogens with one attached hydrogen (secondary N) is 2. The topological polar surface area (TPSA) is 72.4 Å². The largest absolute Gasteiger partial charge is 0.497 e. The first-order valence-corrected chi connectivity index (χ1v) is 11.6. The summed E-state index contributed by atoms with van der Waals surface area (Å²) in [6.45, 7) is 1.14. The van der Waals surface area contributed by atoms with Gasteiger partial charge in [0.05, 0.1) is 12.9 Å². The van der Waals surface area contributed by atoms with E-state index in [1.165, 1.54) is 11.8 Å². The number of aromatic nitrogens is 1. The molecule has 4 aromatic rings. The first kappa shape index (κ1) is 22.5. The normalized spacial score (nSPS) is 10.7. The molecule has 2 N–H and O–H groups in total. The van der Waals surface area contributed by atoms with Crippen LogP contribution in [0.5, 0.6) is 5.75 Å². The van der Waals surface area contributed by atoms with Gasteiger partial charge >= 0.3 is 0 Å². The third-order valence-electron chi connectivity index (χ3n) is 5.16. The maximum Gasteiger partial charge on any atom is 0.251 e. The monoisotopic (exact) mass is 459 g/mol. The van der Waals surface area contributed by atoms with Crippen LogP contribution < -0.4 is 15.4 Å². The molecule has 4 rings (SSSR count). The van der Waals surface area contributed by atoms with Gasteiger partial charge in [-0.05, 0) is 42.5 Å². The number of anilines is 1. The summed E-state index contributed by atoms with van der Waals surface area (Å²) < 4.78 is 7.26. The van der Waals surface area contributed by atoms with Crippen LogP contribution >= 0.6 is 11.8 Å². The molecule has 0 unspecified atom stereocenters. The molecule has 0 aliphatic carbocycles. The van der Waals surface area contributed by atoms with Crippen molar-refractivity contribution < 1.29 is 14.3 Å². The maximum absolute atomic E-state index is 12.4. The number of para-hydroxylation sites is 1. The minimum atomic E-state index is -0.0862. The number of nitrogens with zero attached hydrogens (tertiary/aromatic N) is 1. The first-order valence-electron chi connectivity index (χ1n) is 10.6. The molecule has 0 saturated carbocycles. The molecule has 2 amide bonds. The number of amides is 2. The summed E-state index contributed by atoms with van der Waals surface area (Å²) >= 11 is 1.50. The number of ether oxygens (including phenoxy) is 1. The fourth-order valence-corrected chi connectivity index (χ4v) is 4.40. The fraction of sp³-hybridized carbons (Fsp3) is 0.154. The van der Waals surface area contributed by atoms with Gasteiger partial charge in [-0.25, -0.2) is 0 Å². The van der Waals surface area contributed by atoms with Crippen molar-refractivity contribution in [2.45, 2.75) is 11.4 Å². The second kappa shape index (κ2) is 10.7. The van der Waals surface area contributed by atoms with Gasteiger partial charge in [0.2, 0.25) is 5.91 Å². The number of carbonyl (C=O) groups excluding carboxylic acids is 2. The van der Waals surface area contributed by atoms with Crippen LogP contribution in [0.2, 0.25) is 0 Å². The van der Waals surface area contributed by atoms with E-state index in [-0.39, 0.29) is 11.8 Å². The quantitative estimate of drug-likeness (QED) is 0.352. The van der Waals surface area contributed by atoms with Crippen molar-refractivity contribution in [2.24, 2.45) is 0 Å². The van der Waals surface area contributed by atoms with Crippen LogP contribution in [-0.4, -0.2) is 35.8 Å². The van der Waals surface area contributed by atoms with Crippen LogP contribution in [0, 0.1) is 0 Å². The van der Waals surface area contributed by atoms with E-state index >= 15 is 0 Å². The second-order valence-electron chi connectivity index (χ2n) is 7.39. The molecule has 0 aliphatic heterocycles. The molecule has 0 atom stereocenters. The van der Waals surface area contributed by atoms with E-state index in [0.29, 0.717) is 24.4 Å². The molecule has 33 heavy (non-hydrogen) atoms. The maximum atomic E-state index is 12.4. The van der Waals surface area contributed by atoms with Gasteiger partial charge in [0.15, 0.2) is 0 Å². The number of hydrogen-bond donors (Lipinski definition) is 2. The van der Waals surface area contributed by atoms with Crippen molar-refractivity contribution >= 4 is 40.2 Å². The Balaban J connectivity index is 1.37. The number of hydrogen-bond acceptors (Lipinski definition) is 4. The molecule has 0 radical (unpaired) electrons. The van der Waals surface area contributed by atoms with Crippen molar-refractivity contribution in [3.8, 4) is 5.75 Å². The molecule has 0 saturated heterocycles. The summed E-state index contributed by atoms with van der Waals surface area (Å²) in [7, 11) is 1.61. The Labute approximate surface area is 196 Å². The Morgan fingerprint density at radius 1 is 0.939 bits per heavy atom. The Bertz CT molecular complexity index is 1240. The molecular formula is C26H25N3O3S. The van der Waals surface area contributed by atoms with Crippen molar-refractivity contribution in [2.75, 3.05) is 24.7 Å². The van der Waals surface area contributed by atoms with Gasteiger partial charge in [0.1, 0.15) is 5.75 Å². The summed E-state index contributed by atoms with van der Waals surface area (Å²) in [4.78, 5) is 25.8. The summed E-state index contributed by atoms with van der Waals surface area (Å²) in [5.74, 6) is 0.884. The van der Waals surface area contributed by atoms with Crippen LogP contribution in [0.4, 0.5) is 5.69 Å². The summed E-state index contributed by atoms with van der Waals surface area (Å²) in [6, 6.07) is 24.5. The van der Waals surface area contributed by atoms with Gasteiger partial charge < -0.3 is 19.9 Å². The molecular weight excluding hydrogens is 434 g/mol. The Morgan fingerprint density at radius 3 is 2.42 bits per heavy atom. The van der Waals surface area contributed by atoms with Crippen molar-refractivity contribution in [1.29, 1.82) is 0 Å². The molecule has 3 aromatic carbocycles. The molecule has 6 nitrogen and oxygen atoms in total. The van der Waals surface area contributed by atoms with Gasteiger partial charge in [0, 0.05) is 46.3 Å². The van der Waals surface area contributed by atoms with E-state index in [2.05, 4.69) is 27.3 Å². The van der Waals surface area contributed by atoms with E-state index < -0.39 is 0 Å². The van der Waals surface area contributed by atoms with E-state index in [9.17, 15) is 9.59 Å². The van der Waals surface area contributed by atoms with Gasteiger partial charge in [-0.2, -0.15) is 0 Å². The standard InChI is InChI=1S/C26H25N3O3S/c1-32-21-13-11-20(12-14-21)28-25(30)18-33-24-17-29(23-10-6-5-9-22(23)24)16-15-27-26(31)19-7-3-2-4-8-19/h2-14,17H,15-16,18H2,1H3,(H,27,31)(H,28,30). The summed E-state index contributed by atoms with van der Waals surface area (Å²) in [5, 5.41) is 6.97. The fourth-order valence-electron chi connectivity index (χ4n) is 3.51. The second-order valence-corrected chi connectivity index (χ2v) is 8.41. The lowest BCUT2D eigenvalue weighted by Crippen LogP contribution is -2.26. The molecule has 0 fully saturated rings. The highest BCUT2D eigenvalue weighted by atomic mass is 32.2. The molecule has 168 valence electrons. The highest BCUT2D eigenvalue weighted by Crippen LogP contribution is 2.30. The minimum absolute atomic E-state index is 0.0721. The van der Waals surface area contributed by atoms with Gasteiger partial charge in [0.25, 0.3) is 5.91 Å². The Hall–Kier alpha value is -3.71. The van der Waals surface area contributed by atoms with Crippen molar-refractivity contribution in [3.05, 3.63) is 90.6 Å². The average Bonchev–Trinajstić information content (AvgIpc) is 3.21.